The Morgan fingerprint density at radius 2 is 2.00 bits per heavy atom. The summed E-state index contributed by atoms with van der Waals surface area (Å²) in [6.07, 6.45) is 1.38. The van der Waals surface area contributed by atoms with Crippen LogP contribution in [-0.4, -0.2) is 11.2 Å². The zero-order chi connectivity index (χ0) is 13.3. The number of benzene rings is 1. The van der Waals surface area contributed by atoms with Crippen LogP contribution >= 0.6 is 11.8 Å². The molecule has 1 aliphatic heterocycles. The first-order chi connectivity index (χ1) is 8.47. The molecule has 3 N–H and O–H groups in total. The third kappa shape index (κ3) is 2.80. The molecule has 0 spiro atoms. The fourth-order valence-electron chi connectivity index (χ4n) is 1.86. The Morgan fingerprint density at radius 1 is 1.28 bits per heavy atom. The first-order valence-electron chi connectivity index (χ1n) is 6.36. The van der Waals surface area contributed by atoms with Crippen LogP contribution in [-0.2, 0) is 11.2 Å². The molecule has 0 saturated heterocycles. The van der Waals surface area contributed by atoms with Crippen molar-refractivity contribution in [2.24, 2.45) is 5.92 Å². The van der Waals surface area contributed by atoms with E-state index in [4.69, 9.17) is 5.73 Å². The molecule has 0 aliphatic carbocycles. The largest absolute Gasteiger partial charge is 0.398 e. The highest BCUT2D eigenvalue weighted by Crippen LogP contribution is 2.36. The number of nitrogens with two attached hydrogens (primary N) is 1. The van der Waals surface area contributed by atoms with Crippen molar-refractivity contribution in [1.29, 1.82) is 0 Å². The van der Waals surface area contributed by atoms with Crippen LogP contribution in [0, 0.1) is 5.92 Å². The molecule has 18 heavy (non-hydrogen) atoms. The van der Waals surface area contributed by atoms with E-state index >= 15 is 0 Å². The van der Waals surface area contributed by atoms with E-state index in [1.165, 1.54) is 5.56 Å². The summed E-state index contributed by atoms with van der Waals surface area (Å²) < 4.78 is 0. The van der Waals surface area contributed by atoms with Gasteiger partial charge in [0.1, 0.15) is 0 Å². The minimum absolute atomic E-state index is 0.0813. The lowest BCUT2D eigenvalue weighted by molar-refractivity contribution is -0.116. The Balaban J connectivity index is 2.25. The maximum absolute atomic E-state index is 11.3. The number of nitrogen functional groups attached to an aromatic ring is 1. The first-order valence-corrected chi connectivity index (χ1v) is 7.24. The third-order valence-corrected chi connectivity index (χ3v) is 4.91. The normalized spacial score (nSPS) is 16.3. The molecule has 0 fully saturated rings. The number of hydrogen-bond donors (Lipinski definition) is 2. The van der Waals surface area contributed by atoms with Crippen LogP contribution < -0.4 is 11.1 Å². The van der Waals surface area contributed by atoms with Gasteiger partial charge in [-0.25, -0.2) is 0 Å². The topological polar surface area (TPSA) is 55.1 Å². The zero-order valence-corrected chi connectivity index (χ0v) is 11.9. The number of amides is 1. The van der Waals surface area contributed by atoms with Crippen molar-refractivity contribution in [2.45, 2.75) is 43.8 Å². The summed E-state index contributed by atoms with van der Waals surface area (Å²) in [6.45, 7) is 6.65. The van der Waals surface area contributed by atoms with Crippen molar-refractivity contribution in [3.63, 3.8) is 0 Å². The van der Waals surface area contributed by atoms with Crippen LogP contribution in [0.25, 0.3) is 0 Å². The molecule has 2 rings (SSSR count). The molecule has 0 radical (unpaired) electrons. The molecule has 0 aromatic heterocycles. The lowest BCUT2D eigenvalue weighted by Crippen LogP contribution is -2.19. The van der Waals surface area contributed by atoms with Crippen molar-refractivity contribution in [2.75, 3.05) is 11.1 Å². The van der Waals surface area contributed by atoms with E-state index in [0.717, 1.165) is 22.7 Å². The standard InChI is InChI=1S/C14H20N2OS/c1-8(2)9(3)18-13-6-10-4-5-14(17)16-12(10)7-11(13)15/h6-9H,4-5,15H2,1-3H3,(H,16,17). The van der Waals surface area contributed by atoms with Gasteiger partial charge in [-0.2, -0.15) is 0 Å². The molecule has 1 aromatic carbocycles. The second kappa shape index (κ2) is 5.22. The predicted molar refractivity (Wildman–Crippen MR) is 78.0 cm³/mol. The molecule has 1 heterocycles. The van der Waals surface area contributed by atoms with Crippen molar-refractivity contribution >= 4 is 29.0 Å². The summed E-state index contributed by atoms with van der Waals surface area (Å²) in [5, 5.41) is 3.41. The van der Waals surface area contributed by atoms with Gasteiger partial charge in [0.05, 0.1) is 0 Å². The van der Waals surface area contributed by atoms with Crippen LogP contribution in [0.15, 0.2) is 17.0 Å². The molecule has 1 unspecified atom stereocenters. The molecule has 1 amide bonds. The predicted octanol–water partition coefficient (Wildman–Crippen LogP) is 3.29. The minimum Gasteiger partial charge on any atom is -0.398 e. The summed E-state index contributed by atoms with van der Waals surface area (Å²) in [5.74, 6) is 0.697. The average molecular weight is 264 g/mol. The third-order valence-electron chi connectivity index (χ3n) is 3.38. The summed E-state index contributed by atoms with van der Waals surface area (Å²) in [7, 11) is 0. The van der Waals surface area contributed by atoms with Crippen LogP contribution in [0.5, 0.6) is 0 Å². The highest BCUT2D eigenvalue weighted by molar-refractivity contribution is 8.00. The molecule has 1 aliphatic rings. The maximum atomic E-state index is 11.3. The van der Waals surface area contributed by atoms with E-state index in [1.54, 1.807) is 0 Å². The summed E-state index contributed by atoms with van der Waals surface area (Å²) in [5.41, 5.74) is 8.90. The molecule has 3 nitrogen and oxygen atoms in total. The van der Waals surface area contributed by atoms with Gasteiger partial charge in [0.15, 0.2) is 0 Å². The second-order valence-electron chi connectivity index (χ2n) is 5.16. The second-order valence-corrected chi connectivity index (χ2v) is 6.58. The smallest absolute Gasteiger partial charge is 0.224 e. The number of rotatable bonds is 3. The van der Waals surface area contributed by atoms with Gasteiger partial charge in [0.25, 0.3) is 0 Å². The van der Waals surface area contributed by atoms with Crippen LogP contribution in [0.2, 0.25) is 0 Å². The Kier molecular flexibility index (Phi) is 3.85. The van der Waals surface area contributed by atoms with Crippen molar-refractivity contribution in [3.8, 4) is 0 Å². The summed E-state index contributed by atoms with van der Waals surface area (Å²) >= 11 is 1.81. The number of aryl methyl sites for hydroxylation is 1. The minimum atomic E-state index is 0.0813. The van der Waals surface area contributed by atoms with Gasteiger partial charge in [-0.1, -0.05) is 20.8 Å². The van der Waals surface area contributed by atoms with E-state index in [-0.39, 0.29) is 5.91 Å². The number of fused-ring (bicyclic) bond motifs is 1. The molecule has 98 valence electrons. The molecular formula is C14H20N2OS. The van der Waals surface area contributed by atoms with Crippen molar-refractivity contribution < 1.29 is 4.79 Å². The maximum Gasteiger partial charge on any atom is 0.224 e. The van der Waals surface area contributed by atoms with Crippen molar-refractivity contribution in [3.05, 3.63) is 17.7 Å². The quantitative estimate of drug-likeness (QED) is 0.650. The lowest BCUT2D eigenvalue weighted by atomic mass is 10.0. The highest BCUT2D eigenvalue weighted by atomic mass is 32.2. The van der Waals surface area contributed by atoms with Gasteiger partial charge >= 0.3 is 0 Å². The molecule has 1 aromatic rings. The highest BCUT2D eigenvalue weighted by Gasteiger charge is 2.18. The van der Waals surface area contributed by atoms with Gasteiger partial charge in [0.2, 0.25) is 5.91 Å². The summed E-state index contributed by atoms with van der Waals surface area (Å²) in [6, 6.07) is 4.02. The number of carbonyl (C=O) groups excluding carboxylic acids is 1. The van der Waals surface area contributed by atoms with E-state index < -0.39 is 0 Å². The summed E-state index contributed by atoms with van der Waals surface area (Å²) in [4.78, 5) is 12.5. The number of nitrogens with one attached hydrogen (secondary N) is 1. The monoisotopic (exact) mass is 264 g/mol. The molecule has 1 atom stereocenters. The van der Waals surface area contributed by atoms with Crippen LogP contribution in [0.1, 0.15) is 32.8 Å². The Morgan fingerprint density at radius 3 is 2.67 bits per heavy atom. The number of anilines is 2. The van der Waals surface area contributed by atoms with Gasteiger partial charge < -0.3 is 11.1 Å². The fourth-order valence-corrected chi connectivity index (χ4v) is 2.94. The molecule has 0 bridgehead atoms. The van der Waals surface area contributed by atoms with Crippen LogP contribution in [0.3, 0.4) is 0 Å². The van der Waals surface area contributed by atoms with Crippen LogP contribution in [0.4, 0.5) is 11.4 Å². The van der Waals surface area contributed by atoms with Crippen molar-refractivity contribution in [1.82, 2.24) is 0 Å². The van der Waals surface area contributed by atoms with E-state index in [1.807, 2.05) is 17.8 Å². The molecule has 0 saturated carbocycles. The van der Waals surface area contributed by atoms with Gasteiger partial charge in [-0.3, -0.25) is 4.79 Å². The Hall–Kier alpha value is -1.16. The van der Waals surface area contributed by atoms with Gasteiger partial charge in [-0.15, -0.1) is 11.8 Å². The average Bonchev–Trinajstić information content (AvgIpc) is 2.30. The fraction of sp³-hybridized carbons (Fsp3) is 0.500. The first kappa shape index (κ1) is 13.3. The van der Waals surface area contributed by atoms with E-state index in [9.17, 15) is 4.79 Å². The Bertz CT molecular complexity index is 471. The number of carbonyl (C=O) groups is 1. The number of thioether (sulfide) groups is 1. The zero-order valence-electron chi connectivity index (χ0n) is 11.1. The lowest BCUT2D eigenvalue weighted by Gasteiger charge is -2.21. The van der Waals surface area contributed by atoms with Gasteiger partial charge in [0, 0.05) is 27.9 Å². The molecule has 4 heteroatoms. The SMILES string of the molecule is CC(C)C(C)Sc1cc2c(cc1N)NC(=O)CC2. The van der Waals surface area contributed by atoms with E-state index in [2.05, 4.69) is 32.2 Å². The molecular weight excluding hydrogens is 244 g/mol. The van der Waals surface area contributed by atoms with Gasteiger partial charge in [-0.05, 0) is 30.0 Å². The number of hydrogen-bond acceptors (Lipinski definition) is 3. The Labute approximate surface area is 113 Å². The van der Waals surface area contributed by atoms with E-state index in [0.29, 0.717) is 17.6 Å².